The van der Waals surface area contributed by atoms with Gasteiger partial charge < -0.3 is 4.90 Å². The van der Waals surface area contributed by atoms with Crippen molar-refractivity contribution in [1.29, 1.82) is 0 Å². The van der Waals surface area contributed by atoms with Gasteiger partial charge in [0.2, 0.25) is 5.82 Å². The molecule has 9 heteroatoms. The standard InChI is InChI=1S/C11H11F2N5O2/c1-16(7-9-14-5-6-17(9)11(12)13)10-8(18(19)20)3-2-4-15-10/h2-6,11H,7H2,1H3. The second-order valence-corrected chi connectivity index (χ2v) is 3.99. The number of alkyl halides is 2. The summed E-state index contributed by atoms with van der Waals surface area (Å²) in [6, 6.07) is 2.74. The molecule has 2 rings (SSSR count). The summed E-state index contributed by atoms with van der Waals surface area (Å²) < 4.78 is 26.1. The molecule has 0 bridgehead atoms. The van der Waals surface area contributed by atoms with Gasteiger partial charge in [-0.1, -0.05) is 0 Å². The van der Waals surface area contributed by atoms with E-state index in [0.29, 0.717) is 4.57 Å². The normalized spacial score (nSPS) is 10.8. The fourth-order valence-corrected chi connectivity index (χ4v) is 1.76. The van der Waals surface area contributed by atoms with Crippen molar-refractivity contribution in [2.75, 3.05) is 11.9 Å². The van der Waals surface area contributed by atoms with Crippen LogP contribution < -0.4 is 4.90 Å². The number of nitro groups is 1. The molecule has 0 fully saturated rings. The number of halogens is 2. The summed E-state index contributed by atoms with van der Waals surface area (Å²) in [7, 11) is 1.53. The Labute approximate surface area is 112 Å². The summed E-state index contributed by atoms with van der Waals surface area (Å²) >= 11 is 0. The largest absolute Gasteiger partial charge is 0.346 e. The van der Waals surface area contributed by atoms with Crippen LogP contribution in [0.5, 0.6) is 0 Å². The molecule has 0 aliphatic heterocycles. The average molecular weight is 283 g/mol. The van der Waals surface area contributed by atoms with Crippen LogP contribution in [0.2, 0.25) is 0 Å². The maximum absolute atomic E-state index is 12.7. The van der Waals surface area contributed by atoms with Gasteiger partial charge in [-0.05, 0) is 6.07 Å². The molecule has 0 aliphatic carbocycles. The van der Waals surface area contributed by atoms with E-state index in [0.717, 1.165) is 6.20 Å². The predicted molar refractivity (Wildman–Crippen MR) is 66.5 cm³/mol. The summed E-state index contributed by atoms with van der Waals surface area (Å²) in [6.07, 6.45) is 3.81. The third-order valence-electron chi connectivity index (χ3n) is 2.66. The van der Waals surface area contributed by atoms with Gasteiger partial charge in [0, 0.05) is 31.7 Å². The zero-order chi connectivity index (χ0) is 14.7. The van der Waals surface area contributed by atoms with Crippen LogP contribution >= 0.6 is 0 Å². The summed E-state index contributed by atoms with van der Waals surface area (Å²) in [4.78, 5) is 19.5. The maximum Gasteiger partial charge on any atom is 0.319 e. The van der Waals surface area contributed by atoms with Crippen LogP contribution in [0.1, 0.15) is 12.4 Å². The Hall–Kier alpha value is -2.58. The van der Waals surface area contributed by atoms with Crippen LogP contribution in [0.3, 0.4) is 0 Å². The van der Waals surface area contributed by atoms with Gasteiger partial charge in [0.05, 0.1) is 11.5 Å². The van der Waals surface area contributed by atoms with E-state index in [1.807, 2.05) is 0 Å². The first-order valence-corrected chi connectivity index (χ1v) is 5.61. The van der Waals surface area contributed by atoms with Crippen molar-refractivity contribution >= 4 is 11.5 Å². The van der Waals surface area contributed by atoms with Crippen LogP contribution in [0.4, 0.5) is 20.3 Å². The van der Waals surface area contributed by atoms with E-state index in [4.69, 9.17) is 0 Å². The number of hydrogen-bond acceptors (Lipinski definition) is 5. The summed E-state index contributed by atoms with van der Waals surface area (Å²) in [6.45, 7) is -2.73. The third kappa shape index (κ3) is 2.71. The zero-order valence-corrected chi connectivity index (χ0v) is 10.5. The van der Waals surface area contributed by atoms with Crippen molar-refractivity contribution in [2.24, 2.45) is 0 Å². The highest BCUT2D eigenvalue weighted by Gasteiger charge is 2.20. The van der Waals surface area contributed by atoms with Crippen LogP contribution in [0.25, 0.3) is 0 Å². The number of rotatable bonds is 5. The monoisotopic (exact) mass is 283 g/mol. The van der Waals surface area contributed by atoms with Gasteiger partial charge in [0.25, 0.3) is 0 Å². The molecule has 0 spiro atoms. The van der Waals surface area contributed by atoms with Gasteiger partial charge in [-0.25, -0.2) is 9.97 Å². The lowest BCUT2D eigenvalue weighted by atomic mass is 10.3. The Morgan fingerprint density at radius 2 is 2.20 bits per heavy atom. The Morgan fingerprint density at radius 3 is 2.85 bits per heavy atom. The average Bonchev–Trinajstić information content (AvgIpc) is 2.87. The molecule has 106 valence electrons. The fourth-order valence-electron chi connectivity index (χ4n) is 1.76. The lowest BCUT2D eigenvalue weighted by molar-refractivity contribution is -0.384. The first-order chi connectivity index (χ1) is 9.50. The van der Waals surface area contributed by atoms with Crippen molar-refractivity contribution in [3.05, 3.63) is 46.7 Å². The second kappa shape index (κ2) is 5.59. The van der Waals surface area contributed by atoms with E-state index >= 15 is 0 Å². The molecule has 0 atom stereocenters. The Morgan fingerprint density at radius 1 is 1.45 bits per heavy atom. The number of pyridine rings is 1. The highest BCUT2D eigenvalue weighted by Crippen LogP contribution is 2.25. The number of imidazole rings is 1. The van der Waals surface area contributed by atoms with E-state index in [1.165, 1.54) is 36.5 Å². The molecule has 0 saturated carbocycles. The molecular formula is C11H11F2N5O2. The van der Waals surface area contributed by atoms with Crippen LogP contribution in [-0.2, 0) is 6.54 Å². The zero-order valence-electron chi connectivity index (χ0n) is 10.5. The number of nitrogens with zero attached hydrogens (tertiary/aromatic N) is 5. The Balaban J connectivity index is 2.26. The highest BCUT2D eigenvalue weighted by atomic mass is 19.3. The van der Waals surface area contributed by atoms with E-state index in [-0.39, 0.29) is 23.9 Å². The predicted octanol–water partition coefficient (Wildman–Crippen LogP) is 2.22. The number of aromatic nitrogens is 3. The minimum Gasteiger partial charge on any atom is -0.346 e. The lowest BCUT2D eigenvalue weighted by Gasteiger charge is -2.18. The quantitative estimate of drug-likeness (QED) is 0.621. The third-order valence-corrected chi connectivity index (χ3v) is 2.66. The summed E-state index contributed by atoms with van der Waals surface area (Å²) in [5.74, 6) is 0.198. The molecule has 0 N–H and O–H groups in total. The Bertz CT molecular complexity index is 616. The first-order valence-electron chi connectivity index (χ1n) is 5.61. The van der Waals surface area contributed by atoms with Gasteiger partial charge >= 0.3 is 12.2 Å². The minimum atomic E-state index is -2.71. The number of hydrogen-bond donors (Lipinski definition) is 0. The molecule has 0 saturated heterocycles. The molecule has 0 unspecified atom stereocenters. The van der Waals surface area contributed by atoms with Crippen LogP contribution in [-0.4, -0.2) is 26.5 Å². The molecular weight excluding hydrogens is 272 g/mol. The van der Waals surface area contributed by atoms with Crippen LogP contribution in [0.15, 0.2) is 30.7 Å². The topological polar surface area (TPSA) is 77.1 Å². The minimum absolute atomic E-state index is 0.0187. The molecule has 2 heterocycles. The maximum atomic E-state index is 12.7. The van der Waals surface area contributed by atoms with E-state index in [1.54, 1.807) is 0 Å². The SMILES string of the molecule is CN(Cc1nccn1C(F)F)c1ncccc1[N+](=O)[O-]. The van der Waals surface area contributed by atoms with E-state index < -0.39 is 11.5 Å². The molecule has 2 aromatic rings. The van der Waals surface area contributed by atoms with Gasteiger partial charge in [-0.3, -0.25) is 14.7 Å². The smallest absolute Gasteiger partial charge is 0.319 e. The van der Waals surface area contributed by atoms with Crippen molar-refractivity contribution in [3.63, 3.8) is 0 Å². The van der Waals surface area contributed by atoms with Gasteiger partial charge in [0.1, 0.15) is 5.82 Å². The summed E-state index contributed by atoms with van der Waals surface area (Å²) in [5.41, 5.74) is -0.190. The molecule has 0 amide bonds. The second-order valence-electron chi connectivity index (χ2n) is 3.99. The molecule has 20 heavy (non-hydrogen) atoms. The molecule has 0 aliphatic rings. The fraction of sp³-hybridized carbons (Fsp3) is 0.273. The van der Waals surface area contributed by atoms with E-state index in [9.17, 15) is 18.9 Å². The number of anilines is 1. The van der Waals surface area contributed by atoms with Crippen molar-refractivity contribution in [1.82, 2.24) is 14.5 Å². The highest BCUT2D eigenvalue weighted by molar-refractivity contribution is 5.56. The summed E-state index contributed by atoms with van der Waals surface area (Å²) in [5, 5.41) is 10.9. The van der Waals surface area contributed by atoms with Crippen molar-refractivity contribution < 1.29 is 13.7 Å². The molecule has 0 radical (unpaired) electrons. The first kappa shape index (κ1) is 13.8. The lowest BCUT2D eigenvalue weighted by Crippen LogP contribution is -2.21. The van der Waals surface area contributed by atoms with E-state index in [2.05, 4.69) is 9.97 Å². The molecule has 0 aromatic carbocycles. The van der Waals surface area contributed by atoms with Gasteiger partial charge in [-0.15, -0.1) is 0 Å². The Kier molecular flexibility index (Phi) is 3.87. The van der Waals surface area contributed by atoms with Crippen molar-refractivity contribution in [3.8, 4) is 0 Å². The molecule has 2 aromatic heterocycles. The van der Waals surface area contributed by atoms with Gasteiger partial charge in [0.15, 0.2) is 0 Å². The van der Waals surface area contributed by atoms with Crippen LogP contribution in [0, 0.1) is 10.1 Å². The molecule has 7 nitrogen and oxygen atoms in total. The van der Waals surface area contributed by atoms with Gasteiger partial charge in [-0.2, -0.15) is 8.78 Å². The van der Waals surface area contributed by atoms with Crippen molar-refractivity contribution in [2.45, 2.75) is 13.1 Å².